The third kappa shape index (κ3) is 1.73. The van der Waals surface area contributed by atoms with Gasteiger partial charge in [0.2, 0.25) is 0 Å². The summed E-state index contributed by atoms with van der Waals surface area (Å²) in [5, 5.41) is 0. The molecule has 0 saturated heterocycles. The van der Waals surface area contributed by atoms with E-state index in [1.807, 2.05) is 6.08 Å². The van der Waals surface area contributed by atoms with Gasteiger partial charge >= 0.3 is 0 Å². The van der Waals surface area contributed by atoms with Crippen LogP contribution >= 0.6 is 7.80 Å². The third-order valence-corrected chi connectivity index (χ3v) is 2.91. The van der Waals surface area contributed by atoms with Gasteiger partial charge in [-0.25, -0.2) is 0 Å². The fraction of sp³-hybridized carbons (Fsp3) is 0.429. The van der Waals surface area contributed by atoms with Gasteiger partial charge in [0.25, 0.3) is 0 Å². The molecule has 0 N–H and O–H groups in total. The van der Waals surface area contributed by atoms with E-state index in [-0.39, 0.29) is 5.92 Å². The van der Waals surface area contributed by atoms with E-state index in [4.69, 9.17) is 6.42 Å². The van der Waals surface area contributed by atoms with Gasteiger partial charge in [0, 0.05) is 12.1 Å². The minimum absolute atomic E-state index is 0.237. The van der Waals surface area contributed by atoms with Gasteiger partial charge in [-0.1, -0.05) is 6.08 Å². The molecule has 0 aliphatic carbocycles. The molecule has 0 saturated carbocycles. The van der Waals surface area contributed by atoms with Crippen molar-refractivity contribution in [3.63, 3.8) is 0 Å². The summed E-state index contributed by atoms with van der Waals surface area (Å²) in [4.78, 5) is 0. The summed E-state index contributed by atoms with van der Waals surface area (Å²) in [5.74, 6) is 4.64. The summed E-state index contributed by atoms with van der Waals surface area (Å²) < 4.78 is 10.8. The fourth-order valence-corrected chi connectivity index (χ4v) is 2.19. The van der Waals surface area contributed by atoms with E-state index in [2.05, 4.69) is 5.92 Å². The molecule has 2 atom stereocenters. The van der Waals surface area contributed by atoms with Gasteiger partial charge in [-0.2, -0.15) is 0 Å². The van der Waals surface area contributed by atoms with E-state index < -0.39 is 7.80 Å². The van der Waals surface area contributed by atoms with E-state index in [9.17, 15) is 4.57 Å². The molecule has 0 aromatic heterocycles. The van der Waals surface area contributed by atoms with Crippen LogP contribution in [0.5, 0.6) is 0 Å². The largest absolute Gasteiger partial charge is 0.322 e. The molecule has 48 valence electrons. The summed E-state index contributed by atoms with van der Waals surface area (Å²) in [7, 11) is -1.43. The lowest BCUT2D eigenvalue weighted by Gasteiger charge is -2.09. The average molecular weight is 140 g/mol. The van der Waals surface area contributed by atoms with Gasteiger partial charge in [-0.15, -0.1) is 12.3 Å². The number of allylic oxidation sites excluding steroid dienone is 1. The second-order valence-corrected chi connectivity index (χ2v) is 3.85. The summed E-state index contributed by atoms with van der Waals surface area (Å²) in [6.45, 7) is 0. The Morgan fingerprint density at radius 2 is 2.56 bits per heavy atom. The maximum absolute atomic E-state index is 10.8. The number of hydrogen-bond acceptors (Lipinski definition) is 1. The van der Waals surface area contributed by atoms with Crippen molar-refractivity contribution in [2.24, 2.45) is 5.92 Å². The van der Waals surface area contributed by atoms with Crippen molar-refractivity contribution in [1.29, 1.82) is 0 Å². The zero-order valence-corrected chi connectivity index (χ0v) is 6.13. The van der Waals surface area contributed by atoms with Crippen molar-refractivity contribution in [1.82, 2.24) is 0 Å². The van der Waals surface area contributed by atoms with E-state index in [0.717, 1.165) is 12.6 Å². The molecule has 1 heterocycles. The van der Waals surface area contributed by atoms with Crippen LogP contribution in [-0.2, 0) is 4.57 Å². The molecular weight excluding hydrogens is 131 g/mol. The minimum Gasteiger partial charge on any atom is -0.322 e. The summed E-state index contributed by atoms with van der Waals surface area (Å²) in [6.07, 6.45) is 8.71. The van der Waals surface area contributed by atoms with Crippen LogP contribution in [0, 0.1) is 18.3 Å². The van der Waals surface area contributed by atoms with Gasteiger partial charge in [0.1, 0.15) is 0 Å². The smallest absolute Gasteiger partial charge is 0.0977 e. The fourth-order valence-electron chi connectivity index (χ4n) is 0.885. The van der Waals surface area contributed by atoms with Crippen LogP contribution < -0.4 is 0 Å². The SMILES string of the molecule is C#CC1CC=C[PH](=O)C1. The highest BCUT2D eigenvalue weighted by Gasteiger charge is 2.09. The molecule has 9 heavy (non-hydrogen) atoms. The zero-order chi connectivity index (χ0) is 6.69. The molecule has 0 aromatic carbocycles. The van der Waals surface area contributed by atoms with Crippen molar-refractivity contribution in [2.45, 2.75) is 6.42 Å². The maximum atomic E-state index is 10.8. The van der Waals surface area contributed by atoms with Crippen molar-refractivity contribution in [3.8, 4) is 12.3 Å². The molecule has 0 fully saturated rings. The lowest BCUT2D eigenvalue weighted by Crippen LogP contribution is -2.00. The first kappa shape index (κ1) is 6.65. The monoisotopic (exact) mass is 140 g/mol. The van der Waals surface area contributed by atoms with Crippen LogP contribution in [0.1, 0.15) is 6.42 Å². The van der Waals surface area contributed by atoms with Crippen molar-refractivity contribution >= 4 is 7.80 Å². The first-order valence-corrected chi connectivity index (χ1v) is 4.67. The Morgan fingerprint density at radius 3 is 3.00 bits per heavy atom. The average Bonchev–Trinajstić information content (AvgIpc) is 1.88. The molecule has 0 spiro atoms. The Balaban J connectivity index is 2.60. The predicted octanol–water partition coefficient (Wildman–Crippen LogP) is 1.71. The predicted molar refractivity (Wildman–Crippen MR) is 39.9 cm³/mol. The molecule has 1 rings (SSSR count). The number of terminal acetylenes is 1. The molecule has 1 aliphatic rings. The van der Waals surface area contributed by atoms with Gasteiger partial charge in [0.05, 0.1) is 7.80 Å². The van der Waals surface area contributed by atoms with Crippen LogP contribution in [0.2, 0.25) is 0 Å². The molecule has 0 aromatic rings. The summed E-state index contributed by atoms with van der Waals surface area (Å²) in [6, 6.07) is 0. The molecule has 0 amide bonds. The summed E-state index contributed by atoms with van der Waals surface area (Å²) >= 11 is 0. The number of rotatable bonds is 0. The van der Waals surface area contributed by atoms with E-state index in [1.54, 1.807) is 5.82 Å². The van der Waals surface area contributed by atoms with E-state index in [1.165, 1.54) is 0 Å². The maximum Gasteiger partial charge on any atom is 0.0977 e. The second-order valence-electron chi connectivity index (χ2n) is 2.17. The van der Waals surface area contributed by atoms with Gasteiger partial charge < -0.3 is 4.57 Å². The Bertz CT molecular complexity index is 188. The van der Waals surface area contributed by atoms with Crippen LogP contribution in [-0.4, -0.2) is 6.16 Å². The molecule has 0 radical (unpaired) electrons. The van der Waals surface area contributed by atoms with E-state index in [0.29, 0.717) is 0 Å². The topological polar surface area (TPSA) is 17.1 Å². The van der Waals surface area contributed by atoms with Crippen LogP contribution in [0.25, 0.3) is 0 Å². The van der Waals surface area contributed by atoms with Crippen molar-refractivity contribution < 1.29 is 4.57 Å². The van der Waals surface area contributed by atoms with E-state index >= 15 is 0 Å². The Hall–Kier alpha value is -0.470. The van der Waals surface area contributed by atoms with Crippen molar-refractivity contribution in [3.05, 3.63) is 11.9 Å². The molecule has 0 bridgehead atoms. The Labute approximate surface area is 55.9 Å². The molecule has 2 heteroatoms. The first-order valence-electron chi connectivity index (χ1n) is 2.98. The highest BCUT2D eigenvalue weighted by molar-refractivity contribution is 7.48. The quantitative estimate of drug-likeness (QED) is 0.370. The summed E-state index contributed by atoms with van der Waals surface area (Å²) in [5.41, 5.74) is 0. The zero-order valence-electron chi connectivity index (χ0n) is 5.13. The highest BCUT2D eigenvalue weighted by Crippen LogP contribution is 2.31. The standard InChI is InChI=1S/C7H9OP/c1-2-7-4-3-5-9(8)6-7/h1,3,5,7,9H,4,6H2. The number of hydrogen-bond donors (Lipinski definition) is 0. The van der Waals surface area contributed by atoms with Gasteiger partial charge in [0.15, 0.2) is 0 Å². The van der Waals surface area contributed by atoms with Crippen LogP contribution in [0.4, 0.5) is 0 Å². The molecule has 2 unspecified atom stereocenters. The van der Waals surface area contributed by atoms with Crippen LogP contribution in [0.3, 0.4) is 0 Å². The Morgan fingerprint density at radius 1 is 1.78 bits per heavy atom. The van der Waals surface area contributed by atoms with Crippen LogP contribution in [0.15, 0.2) is 11.9 Å². The second kappa shape index (κ2) is 2.90. The molecular formula is C7H9OP. The first-order chi connectivity index (χ1) is 4.33. The highest BCUT2D eigenvalue weighted by atomic mass is 31.1. The lowest BCUT2D eigenvalue weighted by molar-refractivity contribution is 0.585. The van der Waals surface area contributed by atoms with Crippen molar-refractivity contribution in [2.75, 3.05) is 6.16 Å². The van der Waals surface area contributed by atoms with Gasteiger partial charge in [-0.3, -0.25) is 0 Å². The third-order valence-electron chi connectivity index (χ3n) is 1.41. The molecule has 1 nitrogen and oxygen atoms in total. The minimum atomic E-state index is -1.43. The lowest BCUT2D eigenvalue weighted by atomic mass is 10.1. The van der Waals surface area contributed by atoms with Gasteiger partial charge in [-0.05, 0) is 12.2 Å². The Kier molecular flexibility index (Phi) is 2.14. The molecule has 1 aliphatic heterocycles. The normalized spacial score (nSPS) is 33.7.